The first-order chi connectivity index (χ1) is 14.7. The largest absolute Gasteiger partial charge is 0.493 e. The topological polar surface area (TPSA) is 77.9 Å². The minimum Gasteiger partial charge on any atom is -0.493 e. The summed E-state index contributed by atoms with van der Waals surface area (Å²) in [7, 11) is 2.93. The first-order valence-corrected chi connectivity index (χ1v) is 9.26. The van der Waals surface area contributed by atoms with E-state index in [1.54, 1.807) is 18.2 Å². The van der Waals surface area contributed by atoms with Crippen LogP contribution >= 0.6 is 0 Å². The van der Waals surface area contributed by atoms with Crippen molar-refractivity contribution in [3.05, 3.63) is 54.1 Å². The number of benzene rings is 2. The predicted octanol–water partition coefficient (Wildman–Crippen LogP) is 4.23. The molecular formula is C22H20F3NO5. The van der Waals surface area contributed by atoms with Crippen LogP contribution in [-0.2, 0) is 15.1 Å². The van der Waals surface area contributed by atoms with E-state index in [1.807, 2.05) is 0 Å². The fraction of sp³-hybridized carbons (Fsp3) is 0.273. The molecule has 164 valence electrons. The summed E-state index contributed by atoms with van der Waals surface area (Å²) >= 11 is 0. The van der Waals surface area contributed by atoms with Crippen LogP contribution in [0.1, 0.15) is 12.5 Å². The van der Waals surface area contributed by atoms with Crippen molar-refractivity contribution in [1.29, 1.82) is 0 Å². The monoisotopic (exact) mass is 435 g/mol. The van der Waals surface area contributed by atoms with Crippen LogP contribution in [0, 0.1) is 0 Å². The molecule has 3 rings (SSSR count). The number of carbonyl (C=O) groups excluding carboxylic acids is 1. The molecule has 0 aliphatic rings. The van der Waals surface area contributed by atoms with Crippen molar-refractivity contribution in [2.75, 3.05) is 20.8 Å². The maximum Gasteiger partial charge on any atom is 0.432 e. The van der Waals surface area contributed by atoms with Crippen molar-refractivity contribution in [1.82, 2.24) is 4.98 Å². The maximum atomic E-state index is 13.9. The van der Waals surface area contributed by atoms with E-state index < -0.39 is 23.3 Å². The van der Waals surface area contributed by atoms with Crippen LogP contribution in [-0.4, -0.2) is 43.1 Å². The van der Waals surface area contributed by atoms with Gasteiger partial charge in [-0.05, 0) is 19.1 Å². The second-order valence-electron chi connectivity index (χ2n) is 6.57. The molecule has 0 saturated heterocycles. The van der Waals surface area contributed by atoms with Gasteiger partial charge in [0, 0.05) is 22.6 Å². The van der Waals surface area contributed by atoms with E-state index in [0.717, 1.165) is 6.07 Å². The van der Waals surface area contributed by atoms with Gasteiger partial charge in [-0.1, -0.05) is 30.3 Å². The highest BCUT2D eigenvalue weighted by Crippen LogP contribution is 2.44. The molecule has 1 atom stereocenters. The molecule has 0 aliphatic carbocycles. The molecule has 1 unspecified atom stereocenters. The zero-order valence-electron chi connectivity index (χ0n) is 17.0. The third kappa shape index (κ3) is 3.88. The predicted molar refractivity (Wildman–Crippen MR) is 107 cm³/mol. The number of alkyl halides is 3. The normalized spacial score (nSPS) is 13.5. The Morgan fingerprint density at radius 1 is 1.03 bits per heavy atom. The molecule has 9 heteroatoms. The highest BCUT2D eigenvalue weighted by Gasteiger charge is 2.63. The molecule has 0 bridgehead atoms. The number of hydrogen-bond acceptors (Lipinski definition) is 6. The highest BCUT2D eigenvalue weighted by atomic mass is 19.4. The third-order valence-electron chi connectivity index (χ3n) is 4.77. The number of halogens is 3. The Bertz CT molecular complexity index is 1120. The fourth-order valence-electron chi connectivity index (χ4n) is 3.24. The number of rotatable bonds is 6. The van der Waals surface area contributed by atoms with Gasteiger partial charge >= 0.3 is 12.1 Å². The summed E-state index contributed by atoms with van der Waals surface area (Å²) in [5, 5.41) is 11.2. The number of ether oxygens (including phenoxy) is 3. The van der Waals surface area contributed by atoms with Crippen molar-refractivity contribution in [3.63, 3.8) is 0 Å². The smallest absolute Gasteiger partial charge is 0.432 e. The second-order valence-corrected chi connectivity index (χ2v) is 6.57. The van der Waals surface area contributed by atoms with Crippen molar-refractivity contribution >= 4 is 16.9 Å². The van der Waals surface area contributed by atoms with Gasteiger partial charge < -0.3 is 19.3 Å². The molecule has 0 amide bonds. The zero-order chi connectivity index (χ0) is 22.8. The Morgan fingerprint density at radius 3 is 2.29 bits per heavy atom. The molecular weight excluding hydrogens is 415 g/mol. The van der Waals surface area contributed by atoms with Crippen LogP contribution in [0.2, 0.25) is 0 Å². The molecule has 1 heterocycles. The molecule has 1 aromatic heterocycles. The summed E-state index contributed by atoms with van der Waals surface area (Å²) in [6, 6.07) is 11.6. The van der Waals surface area contributed by atoms with Gasteiger partial charge in [0.15, 0.2) is 11.5 Å². The SMILES string of the molecule is CCOC(=O)C(O)(c1ccccc1-c1ccc2cc(OC)c(OC)cc2n1)C(F)(F)F. The van der Waals surface area contributed by atoms with Crippen LogP contribution < -0.4 is 9.47 Å². The molecule has 0 saturated carbocycles. The van der Waals surface area contributed by atoms with Gasteiger partial charge in [-0.25, -0.2) is 9.78 Å². The standard InChI is InChI=1S/C22H20F3NO5/c1-4-31-20(27)21(28,22(23,24)25)15-8-6-5-7-14(15)16-10-9-13-11-18(29-2)19(30-3)12-17(13)26-16/h5-12,28H,4H2,1-3H3. The summed E-state index contributed by atoms with van der Waals surface area (Å²) in [5.74, 6) is -0.938. The summed E-state index contributed by atoms with van der Waals surface area (Å²) in [6.07, 6.45) is -5.32. The van der Waals surface area contributed by atoms with E-state index in [9.17, 15) is 23.1 Å². The Hall–Kier alpha value is -3.33. The number of esters is 1. The highest BCUT2D eigenvalue weighted by molar-refractivity contribution is 5.88. The summed E-state index contributed by atoms with van der Waals surface area (Å²) in [5.41, 5.74) is -4.03. The number of methoxy groups -OCH3 is 2. The van der Waals surface area contributed by atoms with Gasteiger partial charge in [0.25, 0.3) is 5.60 Å². The number of nitrogens with zero attached hydrogens (tertiary/aromatic N) is 1. The average molecular weight is 435 g/mol. The molecule has 0 fully saturated rings. The van der Waals surface area contributed by atoms with Crippen LogP contribution in [0.25, 0.3) is 22.2 Å². The molecule has 0 radical (unpaired) electrons. The van der Waals surface area contributed by atoms with Gasteiger partial charge in [0.2, 0.25) is 0 Å². The lowest BCUT2D eigenvalue weighted by molar-refractivity contribution is -0.267. The number of hydrogen-bond donors (Lipinski definition) is 1. The van der Waals surface area contributed by atoms with Crippen LogP contribution in [0.3, 0.4) is 0 Å². The lowest BCUT2D eigenvalue weighted by Gasteiger charge is -2.30. The average Bonchev–Trinajstić information content (AvgIpc) is 2.76. The van der Waals surface area contributed by atoms with E-state index in [0.29, 0.717) is 22.4 Å². The molecule has 2 aromatic carbocycles. The van der Waals surface area contributed by atoms with Gasteiger partial charge in [-0.2, -0.15) is 13.2 Å². The Balaban J connectivity index is 2.23. The molecule has 6 nitrogen and oxygen atoms in total. The number of fused-ring (bicyclic) bond motifs is 1. The van der Waals surface area contributed by atoms with Crippen molar-refractivity contribution in [2.45, 2.75) is 18.7 Å². The summed E-state index contributed by atoms with van der Waals surface area (Å²) < 4.78 is 56.7. The van der Waals surface area contributed by atoms with Crippen LogP contribution in [0.5, 0.6) is 11.5 Å². The third-order valence-corrected chi connectivity index (χ3v) is 4.77. The first kappa shape index (κ1) is 22.4. The van der Waals surface area contributed by atoms with E-state index in [-0.39, 0.29) is 17.9 Å². The molecule has 31 heavy (non-hydrogen) atoms. The number of carbonyl (C=O) groups is 1. The fourth-order valence-corrected chi connectivity index (χ4v) is 3.24. The molecule has 0 aliphatic heterocycles. The minimum atomic E-state index is -5.32. The quantitative estimate of drug-likeness (QED) is 0.584. The Morgan fingerprint density at radius 2 is 1.68 bits per heavy atom. The number of pyridine rings is 1. The number of aromatic nitrogens is 1. The minimum absolute atomic E-state index is 0.0629. The Labute approximate surface area is 176 Å². The van der Waals surface area contributed by atoms with E-state index in [2.05, 4.69) is 9.72 Å². The van der Waals surface area contributed by atoms with Crippen molar-refractivity contribution in [3.8, 4) is 22.8 Å². The summed E-state index contributed by atoms with van der Waals surface area (Å²) in [4.78, 5) is 16.6. The lowest BCUT2D eigenvalue weighted by atomic mass is 9.87. The van der Waals surface area contributed by atoms with E-state index in [4.69, 9.17) is 9.47 Å². The van der Waals surface area contributed by atoms with Crippen molar-refractivity contribution < 1.29 is 37.3 Å². The van der Waals surface area contributed by atoms with Crippen molar-refractivity contribution in [2.24, 2.45) is 0 Å². The summed E-state index contributed by atoms with van der Waals surface area (Å²) in [6.45, 7) is 1.03. The van der Waals surface area contributed by atoms with E-state index >= 15 is 0 Å². The van der Waals surface area contributed by atoms with Gasteiger partial charge in [-0.3, -0.25) is 0 Å². The van der Waals surface area contributed by atoms with Crippen LogP contribution in [0.4, 0.5) is 13.2 Å². The maximum absolute atomic E-state index is 13.9. The van der Waals surface area contributed by atoms with E-state index in [1.165, 1.54) is 45.4 Å². The molecule has 3 aromatic rings. The first-order valence-electron chi connectivity index (χ1n) is 9.26. The zero-order valence-corrected chi connectivity index (χ0v) is 17.0. The lowest BCUT2D eigenvalue weighted by Crippen LogP contribution is -2.50. The number of aliphatic hydroxyl groups is 1. The Kier molecular flexibility index (Phi) is 6.08. The van der Waals surface area contributed by atoms with Crippen LogP contribution in [0.15, 0.2) is 48.5 Å². The molecule has 1 N–H and O–H groups in total. The van der Waals surface area contributed by atoms with Gasteiger partial charge in [0.1, 0.15) is 0 Å². The molecule has 0 spiro atoms. The van der Waals surface area contributed by atoms with Gasteiger partial charge in [0.05, 0.1) is 32.0 Å². The second kappa shape index (κ2) is 8.43. The van der Waals surface area contributed by atoms with Gasteiger partial charge in [-0.15, -0.1) is 0 Å².